The van der Waals surface area contributed by atoms with E-state index in [1.54, 1.807) is 0 Å². The summed E-state index contributed by atoms with van der Waals surface area (Å²) >= 11 is 0. The molecule has 0 aromatic rings. The molecular weight excluding hydrogens is 256 g/mol. The summed E-state index contributed by atoms with van der Waals surface area (Å²) in [5.74, 6) is -0.248. The van der Waals surface area contributed by atoms with Crippen LogP contribution in [0.5, 0.6) is 0 Å². The van der Waals surface area contributed by atoms with Crippen molar-refractivity contribution in [2.24, 2.45) is 5.92 Å². The van der Waals surface area contributed by atoms with Crippen LogP contribution in [0.4, 0.5) is 4.79 Å². The third-order valence-electron chi connectivity index (χ3n) is 4.75. The second-order valence-electron chi connectivity index (χ2n) is 6.04. The first kappa shape index (κ1) is 15.1. The van der Waals surface area contributed by atoms with Crippen LogP contribution in [0.25, 0.3) is 0 Å². The highest BCUT2D eigenvalue weighted by Crippen LogP contribution is 2.26. The van der Waals surface area contributed by atoms with Gasteiger partial charge in [-0.05, 0) is 44.4 Å². The molecule has 2 saturated heterocycles. The van der Waals surface area contributed by atoms with Gasteiger partial charge in [0.05, 0.1) is 0 Å². The Hall–Kier alpha value is -1.26. The lowest BCUT2D eigenvalue weighted by atomic mass is 9.92. The van der Waals surface area contributed by atoms with Crippen molar-refractivity contribution in [1.29, 1.82) is 0 Å². The van der Waals surface area contributed by atoms with Gasteiger partial charge in [-0.15, -0.1) is 0 Å². The minimum Gasteiger partial charge on any atom is -0.481 e. The zero-order valence-corrected chi connectivity index (χ0v) is 12.4. The molecule has 2 fully saturated rings. The number of rotatable bonds is 4. The van der Waals surface area contributed by atoms with Crippen LogP contribution < -0.4 is 0 Å². The highest BCUT2D eigenvalue weighted by molar-refractivity contribution is 5.75. The molecule has 0 saturated carbocycles. The van der Waals surface area contributed by atoms with E-state index in [0.29, 0.717) is 12.0 Å². The highest BCUT2D eigenvalue weighted by atomic mass is 16.4. The molecule has 1 unspecified atom stereocenters. The maximum Gasteiger partial charge on any atom is 0.320 e. The molecule has 0 spiro atoms. The monoisotopic (exact) mass is 282 g/mol. The predicted octanol–water partition coefficient (Wildman–Crippen LogP) is 2.56. The third kappa shape index (κ3) is 3.64. The van der Waals surface area contributed by atoms with Gasteiger partial charge in [0.25, 0.3) is 0 Å². The Bertz CT molecular complexity index is 351. The van der Waals surface area contributed by atoms with E-state index in [4.69, 9.17) is 5.11 Å². The molecule has 1 N–H and O–H groups in total. The van der Waals surface area contributed by atoms with Gasteiger partial charge in [0.2, 0.25) is 0 Å². The zero-order valence-electron chi connectivity index (χ0n) is 12.4. The first-order valence-electron chi connectivity index (χ1n) is 7.89. The molecule has 2 aliphatic heterocycles. The number of hydrogen-bond acceptors (Lipinski definition) is 2. The number of carbonyl (C=O) groups is 2. The van der Waals surface area contributed by atoms with E-state index in [1.807, 2.05) is 9.80 Å². The molecule has 0 bridgehead atoms. The lowest BCUT2D eigenvalue weighted by molar-refractivity contribution is -0.137. The van der Waals surface area contributed by atoms with Gasteiger partial charge >= 0.3 is 12.0 Å². The third-order valence-corrected chi connectivity index (χ3v) is 4.75. The Morgan fingerprint density at radius 2 is 1.85 bits per heavy atom. The fourth-order valence-electron chi connectivity index (χ4n) is 3.43. The maximum atomic E-state index is 12.5. The molecule has 0 aromatic heterocycles. The Kier molecular flexibility index (Phi) is 5.26. The molecule has 2 aliphatic rings. The van der Waals surface area contributed by atoms with E-state index in [1.165, 1.54) is 0 Å². The number of carboxylic acid groups (broad SMARTS) is 1. The Morgan fingerprint density at radius 3 is 2.45 bits per heavy atom. The molecule has 1 atom stereocenters. The highest BCUT2D eigenvalue weighted by Gasteiger charge is 2.32. The van der Waals surface area contributed by atoms with E-state index in [-0.39, 0.29) is 12.5 Å². The molecule has 0 aromatic carbocycles. The van der Waals surface area contributed by atoms with Crippen molar-refractivity contribution in [3.05, 3.63) is 0 Å². The van der Waals surface area contributed by atoms with E-state index in [0.717, 1.165) is 58.2 Å². The first-order chi connectivity index (χ1) is 9.61. The van der Waals surface area contributed by atoms with Crippen LogP contribution in [-0.2, 0) is 4.79 Å². The van der Waals surface area contributed by atoms with Crippen LogP contribution in [0.15, 0.2) is 0 Å². The fourth-order valence-corrected chi connectivity index (χ4v) is 3.43. The van der Waals surface area contributed by atoms with Crippen LogP contribution >= 0.6 is 0 Å². The fraction of sp³-hybridized carbons (Fsp3) is 0.867. The number of aliphatic carboxylic acids is 1. The number of hydrogen-bond donors (Lipinski definition) is 1. The zero-order chi connectivity index (χ0) is 14.5. The van der Waals surface area contributed by atoms with E-state index < -0.39 is 5.97 Å². The molecule has 0 radical (unpaired) electrons. The van der Waals surface area contributed by atoms with Gasteiger partial charge < -0.3 is 14.9 Å². The number of carboxylic acids is 1. The average molecular weight is 282 g/mol. The van der Waals surface area contributed by atoms with Crippen LogP contribution in [0.3, 0.4) is 0 Å². The summed E-state index contributed by atoms with van der Waals surface area (Å²) in [7, 11) is 0. The minimum atomic E-state index is -0.716. The molecule has 2 rings (SSSR count). The Morgan fingerprint density at radius 1 is 1.15 bits per heavy atom. The van der Waals surface area contributed by atoms with Gasteiger partial charge in [-0.2, -0.15) is 0 Å². The average Bonchev–Trinajstić information content (AvgIpc) is 2.93. The van der Waals surface area contributed by atoms with Gasteiger partial charge in [-0.25, -0.2) is 4.79 Å². The molecule has 2 amide bonds. The van der Waals surface area contributed by atoms with Gasteiger partial charge in [0.15, 0.2) is 0 Å². The summed E-state index contributed by atoms with van der Waals surface area (Å²) in [6, 6.07) is 0.623. The summed E-state index contributed by atoms with van der Waals surface area (Å²) in [6.07, 6.45) is 6.20. The molecular formula is C15H26N2O3. The van der Waals surface area contributed by atoms with Gasteiger partial charge in [-0.1, -0.05) is 6.92 Å². The van der Waals surface area contributed by atoms with Gasteiger partial charge in [0.1, 0.15) is 0 Å². The SMILES string of the molecule is CCC1CCCN1C(=O)N1CCC(CCC(=O)O)CC1. The van der Waals surface area contributed by atoms with Crippen molar-refractivity contribution in [3.63, 3.8) is 0 Å². The Balaban J connectivity index is 1.78. The number of urea groups is 1. The summed E-state index contributed by atoms with van der Waals surface area (Å²) in [5.41, 5.74) is 0. The Labute approximate surface area is 120 Å². The molecule has 2 heterocycles. The standard InChI is InChI=1S/C15H26N2O3/c1-2-13-4-3-9-17(13)15(20)16-10-7-12(8-11-16)5-6-14(18)19/h12-13H,2-11H2,1H3,(H,18,19). The minimum absolute atomic E-state index is 0.200. The number of piperidine rings is 1. The molecule has 114 valence electrons. The normalized spacial score (nSPS) is 24.1. The molecule has 5 nitrogen and oxygen atoms in total. The van der Waals surface area contributed by atoms with Crippen molar-refractivity contribution in [2.75, 3.05) is 19.6 Å². The van der Waals surface area contributed by atoms with Crippen LogP contribution in [0.1, 0.15) is 51.9 Å². The molecule has 20 heavy (non-hydrogen) atoms. The lowest BCUT2D eigenvalue weighted by Crippen LogP contribution is -2.48. The number of nitrogens with zero attached hydrogens (tertiary/aromatic N) is 2. The number of amides is 2. The van der Waals surface area contributed by atoms with Crippen molar-refractivity contribution >= 4 is 12.0 Å². The van der Waals surface area contributed by atoms with Crippen molar-refractivity contribution in [3.8, 4) is 0 Å². The maximum absolute atomic E-state index is 12.5. The van der Waals surface area contributed by atoms with Gasteiger partial charge in [0, 0.05) is 32.1 Å². The largest absolute Gasteiger partial charge is 0.481 e. The van der Waals surface area contributed by atoms with Crippen LogP contribution in [0, 0.1) is 5.92 Å². The lowest BCUT2D eigenvalue weighted by Gasteiger charge is -2.36. The summed E-state index contributed by atoms with van der Waals surface area (Å²) in [5, 5.41) is 8.71. The van der Waals surface area contributed by atoms with E-state index in [2.05, 4.69) is 6.92 Å². The summed E-state index contributed by atoms with van der Waals surface area (Å²) < 4.78 is 0. The van der Waals surface area contributed by atoms with Crippen LogP contribution in [-0.4, -0.2) is 52.6 Å². The first-order valence-corrected chi connectivity index (χ1v) is 7.89. The predicted molar refractivity (Wildman–Crippen MR) is 76.6 cm³/mol. The van der Waals surface area contributed by atoms with Crippen molar-refractivity contribution < 1.29 is 14.7 Å². The topological polar surface area (TPSA) is 60.9 Å². The second kappa shape index (κ2) is 6.95. The quantitative estimate of drug-likeness (QED) is 0.862. The summed E-state index contributed by atoms with van der Waals surface area (Å²) in [4.78, 5) is 27.1. The smallest absolute Gasteiger partial charge is 0.320 e. The van der Waals surface area contributed by atoms with E-state index >= 15 is 0 Å². The number of likely N-dealkylation sites (tertiary alicyclic amines) is 2. The number of carbonyl (C=O) groups excluding carboxylic acids is 1. The molecule has 5 heteroatoms. The van der Waals surface area contributed by atoms with Crippen molar-refractivity contribution in [2.45, 2.75) is 57.9 Å². The van der Waals surface area contributed by atoms with E-state index in [9.17, 15) is 9.59 Å². The van der Waals surface area contributed by atoms with Gasteiger partial charge in [-0.3, -0.25) is 4.79 Å². The van der Waals surface area contributed by atoms with Crippen molar-refractivity contribution in [1.82, 2.24) is 9.80 Å². The summed E-state index contributed by atoms with van der Waals surface area (Å²) in [6.45, 7) is 4.62. The second-order valence-corrected chi connectivity index (χ2v) is 6.04. The molecule has 0 aliphatic carbocycles. The van der Waals surface area contributed by atoms with Crippen LogP contribution in [0.2, 0.25) is 0 Å².